The first-order chi connectivity index (χ1) is 8.46. The number of carbonyl (C=O) groups excluding carboxylic acids is 2. The van der Waals surface area contributed by atoms with Crippen LogP contribution in [-0.4, -0.2) is 37.7 Å². The summed E-state index contributed by atoms with van der Waals surface area (Å²) in [6.45, 7) is 8.00. The fourth-order valence-electron chi connectivity index (χ4n) is 1.68. The Morgan fingerprint density at radius 1 is 1.11 bits per heavy atom. The number of hydrogen-bond acceptors (Lipinski definition) is 5. The maximum Gasteiger partial charge on any atom is 0.323 e. The summed E-state index contributed by atoms with van der Waals surface area (Å²) in [5.41, 5.74) is 0. The van der Waals surface area contributed by atoms with Crippen molar-refractivity contribution in [1.82, 2.24) is 5.32 Å². The second-order valence-electron chi connectivity index (χ2n) is 4.58. The van der Waals surface area contributed by atoms with Crippen molar-refractivity contribution in [3.05, 3.63) is 0 Å². The van der Waals surface area contributed by atoms with Crippen LogP contribution in [0, 0.1) is 5.92 Å². The molecule has 0 aromatic carbocycles. The summed E-state index contributed by atoms with van der Waals surface area (Å²) in [4.78, 5) is 23.3. The van der Waals surface area contributed by atoms with Crippen molar-refractivity contribution in [3.63, 3.8) is 0 Å². The van der Waals surface area contributed by atoms with Crippen molar-refractivity contribution < 1.29 is 19.1 Å². The van der Waals surface area contributed by atoms with Gasteiger partial charge in [-0.2, -0.15) is 0 Å². The number of carbonyl (C=O) groups is 2. The van der Waals surface area contributed by atoms with Crippen LogP contribution in [0.15, 0.2) is 0 Å². The zero-order valence-corrected chi connectivity index (χ0v) is 12.0. The standard InChI is InChI=1S/C13H25NO4/c1-6-10(13(16)18-7-2)14-11(8-9(3)4)12(15)17-5/h9-11,14H,6-8H2,1-5H3. The van der Waals surface area contributed by atoms with E-state index in [1.54, 1.807) is 6.92 Å². The fraction of sp³-hybridized carbons (Fsp3) is 0.846. The van der Waals surface area contributed by atoms with Crippen molar-refractivity contribution in [2.24, 2.45) is 5.92 Å². The van der Waals surface area contributed by atoms with Gasteiger partial charge in [0.15, 0.2) is 0 Å². The summed E-state index contributed by atoms with van der Waals surface area (Å²) < 4.78 is 9.71. The van der Waals surface area contributed by atoms with Gasteiger partial charge in [0.1, 0.15) is 12.1 Å². The third-order valence-corrected chi connectivity index (χ3v) is 2.57. The molecule has 5 heteroatoms. The molecular formula is C13H25NO4. The van der Waals surface area contributed by atoms with E-state index in [-0.39, 0.29) is 11.9 Å². The smallest absolute Gasteiger partial charge is 0.323 e. The van der Waals surface area contributed by atoms with E-state index in [0.717, 1.165) is 0 Å². The molecule has 0 saturated carbocycles. The Bertz CT molecular complexity index is 266. The monoisotopic (exact) mass is 259 g/mol. The van der Waals surface area contributed by atoms with Gasteiger partial charge in [0.2, 0.25) is 0 Å². The first-order valence-corrected chi connectivity index (χ1v) is 6.46. The minimum atomic E-state index is -0.468. The maximum atomic E-state index is 11.7. The molecule has 5 nitrogen and oxygen atoms in total. The van der Waals surface area contributed by atoms with Crippen molar-refractivity contribution in [2.45, 2.75) is 52.6 Å². The molecule has 0 amide bonds. The fourth-order valence-corrected chi connectivity index (χ4v) is 1.68. The van der Waals surface area contributed by atoms with Crippen LogP contribution in [0.4, 0.5) is 0 Å². The lowest BCUT2D eigenvalue weighted by Crippen LogP contribution is -2.48. The highest BCUT2D eigenvalue weighted by molar-refractivity contribution is 5.79. The third-order valence-electron chi connectivity index (χ3n) is 2.57. The van der Waals surface area contributed by atoms with Gasteiger partial charge >= 0.3 is 11.9 Å². The molecule has 0 aliphatic heterocycles. The van der Waals surface area contributed by atoms with Gasteiger partial charge in [-0.3, -0.25) is 14.9 Å². The summed E-state index contributed by atoms with van der Waals surface area (Å²) in [6.07, 6.45) is 1.20. The summed E-state index contributed by atoms with van der Waals surface area (Å²) >= 11 is 0. The van der Waals surface area contributed by atoms with Gasteiger partial charge in [-0.05, 0) is 25.7 Å². The number of methoxy groups -OCH3 is 1. The number of nitrogens with one attached hydrogen (secondary N) is 1. The first-order valence-electron chi connectivity index (χ1n) is 6.46. The van der Waals surface area contributed by atoms with Crippen LogP contribution < -0.4 is 5.32 Å². The van der Waals surface area contributed by atoms with Gasteiger partial charge in [0.25, 0.3) is 0 Å². The molecule has 0 aromatic rings. The third kappa shape index (κ3) is 6.00. The van der Waals surface area contributed by atoms with Gasteiger partial charge < -0.3 is 9.47 Å². The highest BCUT2D eigenvalue weighted by atomic mass is 16.5. The molecule has 0 spiro atoms. The Morgan fingerprint density at radius 2 is 1.72 bits per heavy atom. The highest BCUT2D eigenvalue weighted by Gasteiger charge is 2.27. The molecule has 0 fully saturated rings. The Kier molecular flexibility index (Phi) is 8.37. The van der Waals surface area contributed by atoms with Crippen LogP contribution in [0.3, 0.4) is 0 Å². The quantitative estimate of drug-likeness (QED) is 0.669. The molecule has 0 heterocycles. The topological polar surface area (TPSA) is 64.6 Å². The molecule has 0 bridgehead atoms. The predicted molar refractivity (Wildman–Crippen MR) is 69.1 cm³/mol. The first kappa shape index (κ1) is 16.9. The molecule has 0 rings (SSSR count). The van der Waals surface area contributed by atoms with Crippen LogP contribution in [0.25, 0.3) is 0 Å². The molecule has 106 valence electrons. The Balaban J connectivity index is 4.60. The molecule has 0 saturated heterocycles. The summed E-state index contributed by atoms with van der Waals surface area (Å²) in [6, 6.07) is -0.933. The van der Waals surface area contributed by atoms with Crippen LogP contribution in [0.2, 0.25) is 0 Å². The number of hydrogen-bond donors (Lipinski definition) is 1. The van der Waals surface area contributed by atoms with Gasteiger partial charge in [-0.25, -0.2) is 0 Å². The lowest BCUT2D eigenvalue weighted by Gasteiger charge is -2.23. The lowest BCUT2D eigenvalue weighted by molar-refractivity contribution is -0.148. The molecule has 18 heavy (non-hydrogen) atoms. The summed E-state index contributed by atoms with van der Waals surface area (Å²) in [5, 5.41) is 3.02. The highest BCUT2D eigenvalue weighted by Crippen LogP contribution is 2.08. The van der Waals surface area contributed by atoms with E-state index in [1.165, 1.54) is 7.11 Å². The van der Waals surface area contributed by atoms with E-state index in [0.29, 0.717) is 25.4 Å². The molecule has 0 aromatic heterocycles. The van der Waals surface area contributed by atoms with Crippen molar-refractivity contribution in [2.75, 3.05) is 13.7 Å². The minimum Gasteiger partial charge on any atom is -0.468 e. The van der Waals surface area contributed by atoms with E-state index in [9.17, 15) is 9.59 Å². The molecular weight excluding hydrogens is 234 g/mol. The second kappa shape index (κ2) is 8.91. The van der Waals surface area contributed by atoms with E-state index < -0.39 is 12.1 Å². The zero-order valence-electron chi connectivity index (χ0n) is 12.0. The Hall–Kier alpha value is -1.10. The lowest BCUT2D eigenvalue weighted by atomic mass is 10.0. The van der Waals surface area contributed by atoms with Crippen LogP contribution >= 0.6 is 0 Å². The van der Waals surface area contributed by atoms with Gasteiger partial charge in [-0.1, -0.05) is 20.8 Å². The molecule has 2 atom stereocenters. The van der Waals surface area contributed by atoms with Gasteiger partial charge in [0, 0.05) is 0 Å². The van der Waals surface area contributed by atoms with Crippen LogP contribution in [0.1, 0.15) is 40.5 Å². The van der Waals surface area contributed by atoms with Gasteiger partial charge in [-0.15, -0.1) is 0 Å². The zero-order chi connectivity index (χ0) is 14.1. The minimum absolute atomic E-state index is 0.322. The van der Waals surface area contributed by atoms with Crippen molar-refractivity contribution in [3.8, 4) is 0 Å². The molecule has 2 unspecified atom stereocenters. The molecule has 0 aliphatic rings. The molecule has 0 aliphatic carbocycles. The second-order valence-corrected chi connectivity index (χ2v) is 4.58. The largest absolute Gasteiger partial charge is 0.468 e. The van der Waals surface area contributed by atoms with Crippen LogP contribution in [0.5, 0.6) is 0 Å². The van der Waals surface area contributed by atoms with E-state index >= 15 is 0 Å². The predicted octanol–water partition coefficient (Wildman–Crippen LogP) is 1.51. The van der Waals surface area contributed by atoms with E-state index in [2.05, 4.69) is 5.32 Å². The Labute approximate surface area is 109 Å². The average molecular weight is 259 g/mol. The van der Waals surface area contributed by atoms with E-state index in [4.69, 9.17) is 9.47 Å². The SMILES string of the molecule is CCOC(=O)C(CC)NC(CC(C)C)C(=O)OC. The summed E-state index contributed by atoms with van der Waals surface area (Å²) in [5.74, 6) is -0.328. The normalized spacial score (nSPS) is 14.1. The molecule has 0 radical (unpaired) electrons. The van der Waals surface area contributed by atoms with Crippen molar-refractivity contribution in [1.29, 1.82) is 0 Å². The number of rotatable bonds is 8. The van der Waals surface area contributed by atoms with E-state index in [1.807, 2.05) is 20.8 Å². The summed E-state index contributed by atoms with van der Waals surface area (Å²) in [7, 11) is 1.35. The number of ether oxygens (including phenoxy) is 2. The van der Waals surface area contributed by atoms with Crippen molar-refractivity contribution >= 4 is 11.9 Å². The maximum absolute atomic E-state index is 11.7. The van der Waals surface area contributed by atoms with Gasteiger partial charge in [0.05, 0.1) is 13.7 Å². The molecule has 1 N–H and O–H groups in total. The number of esters is 2. The Morgan fingerprint density at radius 3 is 2.11 bits per heavy atom. The van der Waals surface area contributed by atoms with Crippen LogP contribution in [-0.2, 0) is 19.1 Å². The average Bonchev–Trinajstić information content (AvgIpc) is 2.33.